The van der Waals surface area contributed by atoms with Gasteiger partial charge in [-0.2, -0.15) is 0 Å². The van der Waals surface area contributed by atoms with E-state index in [1.165, 1.54) is 0 Å². The van der Waals surface area contributed by atoms with Crippen molar-refractivity contribution >= 4 is 5.91 Å². The van der Waals surface area contributed by atoms with Crippen molar-refractivity contribution in [2.45, 2.75) is 25.1 Å². The second-order valence-electron chi connectivity index (χ2n) is 6.33. The molecule has 1 saturated heterocycles. The third-order valence-electron chi connectivity index (χ3n) is 4.44. The Morgan fingerprint density at radius 2 is 2.00 bits per heavy atom. The molecule has 3 rings (SSSR count). The first-order chi connectivity index (χ1) is 12.0. The van der Waals surface area contributed by atoms with Gasteiger partial charge in [0.15, 0.2) is 0 Å². The first-order valence-corrected chi connectivity index (χ1v) is 8.25. The molecule has 0 saturated carbocycles. The van der Waals surface area contributed by atoms with Gasteiger partial charge in [-0.05, 0) is 30.2 Å². The summed E-state index contributed by atoms with van der Waals surface area (Å²) < 4.78 is 13.3. The van der Waals surface area contributed by atoms with E-state index in [1.54, 1.807) is 0 Å². The number of carbonyl (C=O) groups is 1. The van der Waals surface area contributed by atoms with E-state index in [4.69, 9.17) is 0 Å². The fourth-order valence-corrected chi connectivity index (χ4v) is 3.18. The Bertz CT molecular complexity index is 739. The monoisotopic (exact) mass is 344 g/mol. The van der Waals surface area contributed by atoms with Gasteiger partial charge in [-0.3, -0.25) is 9.69 Å². The number of aromatic hydroxyl groups is 1. The van der Waals surface area contributed by atoms with E-state index in [0.717, 1.165) is 23.8 Å². The third kappa shape index (κ3) is 4.35. The van der Waals surface area contributed by atoms with E-state index in [9.17, 15) is 19.4 Å². The fraction of sp³-hybridized carbons (Fsp3) is 0.316. The van der Waals surface area contributed by atoms with Crippen molar-refractivity contribution in [1.82, 2.24) is 10.2 Å². The molecule has 1 aliphatic rings. The quantitative estimate of drug-likeness (QED) is 0.775. The number of likely N-dealkylation sites (tertiary alicyclic amines) is 1. The number of rotatable bonds is 5. The summed E-state index contributed by atoms with van der Waals surface area (Å²) in [5.41, 5.74) is 1.05. The number of hydrogen-bond donors (Lipinski definition) is 3. The second kappa shape index (κ2) is 7.63. The van der Waals surface area contributed by atoms with Crippen LogP contribution in [-0.2, 0) is 6.54 Å². The number of nitrogens with one attached hydrogen (secondary N) is 1. The molecule has 0 aromatic heterocycles. The second-order valence-corrected chi connectivity index (χ2v) is 6.33. The average Bonchev–Trinajstić information content (AvgIpc) is 2.95. The number of halogens is 1. The standard InChI is InChI=1S/C19H21FN2O3/c20-14-6-7-18(24)17(8-14)19(25)21-10-15-9-16(23)12-22(15)11-13-4-2-1-3-5-13/h1-8,15-16,23-24H,9-12H2,(H,21,25). The van der Waals surface area contributed by atoms with E-state index in [1.807, 2.05) is 30.3 Å². The lowest BCUT2D eigenvalue weighted by atomic mass is 10.1. The third-order valence-corrected chi connectivity index (χ3v) is 4.44. The van der Waals surface area contributed by atoms with E-state index in [-0.39, 0.29) is 17.4 Å². The van der Waals surface area contributed by atoms with Crippen LogP contribution in [0.4, 0.5) is 4.39 Å². The number of hydrogen-bond acceptors (Lipinski definition) is 4. The van der Waals surface area contributed by atoms with Crippen LogP contribution in [-0.4, -0.2) is 46.3 Å². The fourth-order valence-electron chi connectivity index (χ4n) is 3.18. The lowest BCUT2D eigenvalue weighted by Gasteiger charge is -2.24. The van der Waals surface area contributed by atoms with Gasteiger partial charge >= 0.3 is 0 Å². The molecular formula is C19H21FN2O3. The molecule has 0 aliphatic carbocycles. The molecule has 2 atom stereocenters. The summed E-state index contributed by atoms with van der Waals surface area (Å²) in [6.07, 6.45) is 0.121. The molecule has 2 unspecified atom stereocenters. The highest BCUT2D eigenvalue weighted by Crippen LogP contribution is 2.21. The van der Waals surface area contributed by atoms with E-state index >= 15 is 0 Å². The van der Waals surface area contributed by atoms with Crippen molar-refractivity contribution < 1.29 is 19.4 Å². The van der Waals surface area contributed by atoms with Gasteiger partial charge in [0, 0.05) is 25.7 Å². The topological polar surface area (TPSA) is 72.8 Å². The number of carbonyl (C=O) groups excluding carboxylic acids is 1. The maximum absolute atomic E-state index is 13.3. The summed E-state index contributed by atoms with van der Waals surface area (Å²) in [7, 11) is 0. The number of amides is 1. The van der Waals surface area contributed by atoms with Crippen molar-refractivity contribution in [2.75, 3.05) is 13.1 Å². The van der Waals surface area contributed by atoms with Gasteiger partial charge in [-0.15, -0.1) is 0 Å². The predicted octanol–water partition coefficient (Wildman–Crippen LogP) is 1.90. The van der Waals surface area contributed by atoms with E-state index in [0.29, 0.717) is 26.1 Å². The van der Waals surface area contributed by atoms with Crippen LogP contribution in [0.1, 0.15) is 22.3 Å². The van der Waals surface area contributed by atoms with Crippen molar-refractivity contribution in [3.05, 3.63) is 65.5 Å². The van der Waals surface area contributed by atoms with Crippen molar-refractivity contribution in [3.8, 4) is 5.75 Å². The Morgan fingerprint density at radius 1 is 1.24 bits per heavy atom. The van der Waals surface area contributed by atoms with Crippen molar-refractivity contribution in [3.63, 3.8) is 0 Å². The molecular weight excluding hydrogens is 323 g/mol. The number of phenols is 1. The molecule has 1 heterocycles. The lowest BCUT2D eigenvalue weighted by molar-refractivity contribution is 0.0936. The van der Waals surface area contributed by atoms with Crippen LogP contribution in [0.15, 0.2) is 48.5 Å². The molecule has 2 aromatic rings. The number of β-amino-alcohol motifs (C(OH)–C–C–N with tert-alkyl or cyclic N) is 1. The Kier molecular flexibility index (Phi) is 5.31. The molecule has 6 heteroatoms. The molecule has 2 aromatic carbocycles. The molecule has 0 spiro atoms. The number of aliphatic hydroxyl groups is 1. The van der Waals surface area contributed by atoms with Gasteiger partial charge in [0.25, 0.3) is 5.91 Å². The maximum Gasteiger partial charge on any atom is 0.255 e. The van der Waals surface area contributed by atoms with Gasteiger partial charge < -0.3 is 15.5 Å². The molecule has 25 heavy (non-hydrogen) atoms. The Balaban J connectivity index is 1.62. The summed E-state index contributed by atoms with van der Waals surface area (Å²) in [5.74, 6) is -1.37. The van der Waals surface area contributed by atoms with Crippen LogP contribution in [0.3, 0.4) is 0 Å². The van der Waals surface area contributed by atoms with Crippen molar-refractivity contribution in [1.29, 1.82) is 0 Å². The van der Waals surface area contributed by atoms with E-state index < -0.39 is 17.8 Å². The largest absolute Gasteiger partial charge is 0.507 e. The number of phenolic OH excluding ortho intramolecular Hbond substituents is 1. The number of aliphatic hydroxyl groups excluding tert-OH is 1. The first-order valence-electron chi connectivity index (χ1n) is 8.25. The van der Waals surface area contributed by atoms with Gasteiger partial charge in [0.05, 0.1) is 11.7 Å². The van der Waals surface area contributed by atoms with Gasteiger partial charge in [-0.25, -0.2) is 4.39 Å². The van der Waals surface area contributed by atoms with Crippen LogP contribution in [0, 0.1) is 5.82 Å². The van der Waals surface area contributed by atoms with Crippen LogP contribution < -0.4 is 5.32 Å². The van der Waals surface area contributed by atoms with Gasteiger partial charge in [-0.1, -0.05) is 30.3 Å². The molecule has 3 N–H and O–H groups in total. The zero-order valence-electron chi connectivity index (χ0n) is 13.7. The summed E-state index contributed by atoms with van der Waals surface area (Å²) in [4.78, 5) is 14.3. The highest BCUT2D eigenvalue weighted by Gasteiger charge is 2.31. The average molecular weight is 344 g/mol. The van der Waals surface area contributed by atoms with Gasteiger partial charge in [0.1, 0.15) is 11.6 Å². The highest BCUT2D eigenvalue weighted by atomic mass is 19.1. The normalized spacial score (nSPS) is 20.6. The molecule has 1 fully saturated rings. The predicted molar refractivity (Wildman–Crippen MR) is 91.7 cm³/mol. The number of nitrogens with zero attached hydrogens (tertiary/aromatic N) is 1. The summed E-state index contributed by atoms with van der Waals surface area (Å²) in [6, 6.07) is 13.2. The van der Waals surface area contributed by atoms with Crippen LogP contribution in [0.2, 0.25) is 0 Å². The molecule has 0 bridgehead atoms. The van der Waals surface area contributed by atoms with Crippen LogP contribution in [0.25, 0.3) is 0 Å². The Morgan fingerprint density at radius 3 is 2.76 bits per heavy atom. The number of benzene rings is 2. The maximum atomic E-state index is 13.3. The Hall–Kier alpha value is -2.44. The van der Waals surface area contributed by atoms with Crippen molar-refractivity contribution in [2.24, 2.45) is 0 Å². The smallest absolute Gasteiger partial charge is 0.255 e. The Labute approximate surface area is 145 Å². The SMILES string of the molecule is O=C(NCC1CC(O)CN1Cc1ccccc1)c1cc(F)ccc1O. The molecule has 1 aliphatic heterocycles. The molecule has 5 nitrogen and oxygen atoms in total. The minimum absolute atomic E-state index is 0.0186. The highest BCUT2D eigenvalue weighted by molar-refractivity contribution is 5.96. The first kappa shape index (κ1) is 17.4. The van der Waals surface area contributed by atoms with Crippen LogP contribution >= 0.6 is 0 Å². The summed E-state index contributed by atoms with van der Waals surface area (Å²) in [5, 5.41) is 22.4. The zero-order chi connectivity index (χ0) is 17.8. The van der Waals surface area contributed by atoms with Crippen LogP contribution in [0.5, 0.6) is 5.75 Å². The lowest BCUT2D eigenvalue weighted by Crippen LogP contribution is -2.39. The minimum atomic E-state index is -0.579. The molecule has 0 radical (unpaired) electrons. The van der Waals surface area contributed by atoms with E-state index in [2.05, 4.69) is 10.2 Å². The molecule has 1 amide bonds. The zero-order valence-corrected chi connectivity index (χ0v) is 13.7. The van der Waals surface area contributed by atoms with Gasteiger partial charge in [0.2, 0.25) is 0 Å². The molecule has 132 valence electrons. The summed E-state index contributed by atoms with van der Waals surface area (Å²) in [6.45, 7) is 1.54. The summed E-state index contributed by atoms with van der Waals surface area (Å²) >= 11 is 0. The minimum Gasteiger partial charge on any atom is -0.507 e.